The van der Waals surface area contributed by atoms with E-state index in [1.807, 2.05) is 0 Å². The summed E-state index contributed by atoms with van der Waals surface area (Å²) in [5, 5.41) is 4.82. The molecule has 2 nitrogen and oxygen atoms in total. The van der Waals surface area contributed by atoms with E-state index in [0.717, 1.165) is 5.92 Å². The van der Waals surface area contributed by atoms with Gasteiger partial charge >= 0.3 is 0 Å². The van der Waals surface area contributed by atoms with Crippen LogP contribution in [0.15, 0.2) is 15.9 Å². The Balaban J connectivity index is 1.88. The standard InChI is InChI=1S/C11H17BrN2S/c1-14(11-5-4-10(12)15-11)8-9-3-2-6-13-7-9/h4-5,9,13H,2-3,6-8H2,1H3. The Morgan fingerprint density at radius 1 is 1.60 bits per heavy atom. The molecular weight excluding hydrogens is 272 g/mol. The Bertz CT molecular complexity index is 307. The molecule has 15 heavy (non-hydrogen) atoms. The molecule has 0 amide bonds. The lowest BCUT2D eigenvalue weighted by atomic mass is 9.99. The van der Waals surface area contributed by atoms with Crippen LogP contribution in [0.3, 0.4) is 0 Å². The van der Waals surface area contributed by atoms with E-state index in [1.54, 1.807) is 11.3 Å². The van der Waals surface area contributed by atoms with Crippen molar-refractivity contribution in [1.82, 2.24) is 5.32 Å². The minimum absolute atomic E-state index is 0.810. The van der Waals surface area contributed by atoms with Crippen LogP contribution in [0, 0.1) is 5.92 Å². The van der Waals surface area contributed by atoms with Gasteiger partial charge in [-0.3, -0.25) is 0 Å². The number of hydrogen-bond acceptors (Lipinski definition) is 3. The first kappa shape index (κ1) is 11.4. The van der Waals surface area contributed by atoms with Crippen LogP contribution in [-0.4, -0.2) is 26.7 Å². The Morgan fingerprint density at radius 2 is 2.47 bits per heavy atom. The second-order valence-electron chi connectivity index (χ2n) is 4.17. The smallest absolute Gasteiger partial charge is 0.0917 e. The summed E-state index contributed by atoms with van der Waals surface area (Å²) < 4.78 is 1.21. The Hall–Kier alpha value is -0.0600. The average Bonchev–Trinajstić information content (AvgIpc) is 2.66. The molecule has 1 aliphatic rings. The van der Waals surface area contributed by atoms with Crippen LogP contribution in [0.5, 0.6) is 0 Å². The summed E-state index contributed by atoms with van der Waals surface area (Å²) in [5.41, 5.74) is 0. The van der Waals surface area contributed by atoms with Crippen LogP contribution in [0.25, 0.3) is 0 Å². The van der Waals surface area contributed by atoms with Crippen LogP contribution < -0.4 is 10.2 Å². The van der Waals surface area contributed by atoms with Crippen molar-refractivity contribution >= 4 is 32.3 Å². The van der Waals surface area contributed by atoms with Crippen molar-refractivity contribution in [3.63, 3.8) is 0 Å². The van der Waals surface area contributed by atoms with Gasteiger partial charge in [-0.1, -0.05) is 0 Å². The van der Waals surface area contributed by atoms with E-state index in [9.17, 15) is 0 Å². The molecule has 0 aliphatic carbocycles. The molecular formula is C11H17BrN2S. The van der Waals surface area contributed by atoms with Gasteiger partial charge in [-0.2, -0.15) is 0 Å². The van der Waals surface area contributed by atoms with Gasteiger partial charge in [0.1, 0.15) is 0 Å². The van der Waals surface area contributed by atoms with E-state index in [1.165, 1.54) is 41.3 Å². The van der Waals surface area contributed by atoms with Gasteiger partial charge in [0.05, 0.1) is 8.79 Å². The second-order valence-corrected chi connectivity index (χ2v) is 6.61. The SMILES string of the molecule is CN(CC1CCCNC1)c1ccc(Br)s1. The molecule has 1 N–H and O–H groups in total. The molecule has 1 aromatic rings. The zero-order valence-corrected chi connectivity index (χ0v) is 11.4. The summed E-state index contributed by atoms with van der Waals surface area (Å²) in [6, 6.07) is 4.31. The summed E-state index contributed by atoms with van der Waals surface area (Å²) in [6.45, 7) is 3.54. The zero-order valence-electron chi connectivity index (χ0n) is 9.00. The highest BCUT2D eigenvalue weighted by Crippen LogP contribution is 2.29. The molecule has 0 radical (unpaired) electrons. The Morgan fingerprint density at radius 3 is 3.07 bits per heavy atom. The minimum Gasteiger partial charge on any atom is -0.366 e. The quantitative estimate of drug-likeness (QED) is 0.920. The number of halogens is 1. The van der Waals surface area contributed by atoms with E-state index >= 15 is 0 Å². The largest absolute Gasteiger partial charge is 0.366 e. The fourth-order valence-electron chi connectivity index (χ4n) is 2.07. The third-order valence-corrected chi connectivity index (χ3v) is 4.60. The van der Waals surface area contributed by atoms with Gasteiger partial charge in [0.25, 0.3) is 0 Å². The van der Waals surface area contributed by atoms with Crippen molar-refractivity contribution < 1.29 is 0 Å². The average molecular weight is 289 g/mol. The van der Waals surface area contributed by atoms with Gasteiger partial charge in [-0.15, -0.1) is 11.3 Å². The second kappa shape index (κ2) is 5.32. The molecule has 1 aromatic heterocycles. The lowest BCUT2D eigenvalue weighted by Crippen LogP contribution is -2.36. The van der Waals surface area contributed by atoms with Crippen molar-refractivity contribution in [3.05, 3.63) is 15.9 Å². The number of rotatable bonds is 3. The Kier molecular flexibility index (Phi) is 4.05. The number of anilines is 1. The highest BCUT2D eigenvalue weighted by Gasteiger charge is 2.15. The van der Waals surface area contributed by atoms with Crippen molar-refractivity contribution in [3.8, 4) is 0 Å². The molecule has 84 valence electrons. The third kappa shape index (κ3) is 3.20. The van der Waals surface area contributed by atoms with E-state index in [0.29, 0.717) is 0 Å². The monoisotopic (exact) mass is 288 g/mol. The van der Waals surface area contributed by atoms with E-state index in [4.69, 9.17) is 0 Å². The maximum absolute atomic E-state index is 3.51. The summed E-state index contributed by atoms with van der Waals surface area (Å²) in [6.07, 6.45) is 2.69. The molecule has 4 heteroatoms. The van der Waals surface area contributed by atoms with Gasteiger partial charge in [-0.05, 0) is 59.9 Å². The molecule has 0 spiro atoms. The molecule has 0 saturated carbocycles. The normalized spacial score (nSPS) is 21.6. The van der Waals surface area contributed by atoms with Crippen molar-refractivity contribution in [2.24, 2.45) is 5.92 Å². The predicted octanol–water partition coefficient (Wildman–Crippen LogP) is 2.95. The molecule has 1 saturated heterocycles. The maximum atomic E-state index is 3.51. The number of piperidine rings is 1. The molecule has 1 aliphatic heterocycles. The fourth-order valence-corrected chi connectivity index (χ4v) is 3.40. The molecule has 2 heterocycles. The van der Waals surface area contributed by atoms with E-state index in [2.05, 4.69) is 45.3 Å². The van der Waals surface area contributed by atoms with Gasteiger partial charge in [0.2, 0.25) is 0 Å². The zero-order chi connectivity index (χ0) is 10.7. The minimum atomic E-state index is 0.810. The molecule has 1 fully saturated rings. The van der Waals surface area contributed by atoms with Crippen LogP contribution >= 0.6 is 27.3 Å². The lowest BCUT2D eigenvalue weighted by molar-refractivity contribution is 0.381. The highest BCUT2D eigenvalue weighted by molar-refractivity contribution is 9.11. The first-order valence-corrected chi connectivity index (χ1v) is 7.04. The van der Waals surface area contributed by atoms with E-state index < -0.39 is 0 Å². The topological polar surface area (TPSA) is 15.3 Å². The first-order valence-electron chi connectivity index (χ1n) is 5.43. The molecule has 0 aromatic carbocycles. The van der Waals surface area contributed by atoms with Gasteiger partial charge < -0.3 is 10.2 Å². The van der Waals surface area contributed by atoms with Gasteiger partial charge in [-0.25, -0.2) is 0 Å². The summed E-state index contributed by atoms with van der Waals surface area (Å²) in [5.74, 6) is 0.810. The number of thiophene rings is 1. The molecule has 1 atom stereocenters. The van der Waals surface area contributed by atoms with Crippen molar-refractivity contribution in [2.45, 2.75) is 12.8 Å². The summed E-state index contributed by atoms with van der Waals surface area (Å²) in [4.78, 5) is 2.37. The molecule has 2 rings (SSSR count). The lowest BCUT2D eigenvalue weighted by Gasteiger charge is -2.27. The molecule has 1 unspecified atom stereocenters. The molecule has 0 bridgehead atoms. The van der Waals surface area contributed by atoms with Gasteiger partial charge in [0, 0.05) is 13.6 Å². The Labute approximate surface area is 104 Å². The number of nitrogens with one attached hydrogen (secondary N) is 1. The van der Waals surface area contributed by atoms with Crippen LogP contribution in [0.1, 0.15) is 12.8 Å². The summed E-state index contributed by atoms with van der Waals surface area (Å²) >= 11 is 5.31. The third-order valence-electron chi connectivity index (χ3n) is 2.87. The van der Waals surface area contributed by atoms with Crippen LogP contribution in [-0.2, 0) is 0 Å². The summed E-state index contributed by atoms with van der Waals surface area (Å²) in [7, 11) is 2.19. The number of hydrogen-bond donors (Lipinski definition) is 1. The maximum Gasteiger partial charge on any atom is 0.0917 e. The highest BCUT2D eigenvalue weighted by atomic mass is 79.9. The van der Waals surface area contributed by atoms with Crippen molar-refractivity contribution in [2.75, 3.05) is 31.6 Å². The first-order chi connectivity index (χ1) is 7.25. The van der Waals surface area contributed by atoms with Crippen molar-refractivity contribution in [1.29, 1.82) is 0 Å². The fraction of sp³-hybridized carbons (Fsp3) is 0.636. The predicted molar refractivity (Wildman–Crippen MR) is 70.9 cm³/mol. The van der Waals surface area contributed by atoms with E-state index in [-0.39, 0.29) is 0 Å². The van der Waals surface area contributed by atoms with Crippen LogP contribution in [0.4, 0.5) is 5.00 Å². The van der Waals surface area contributed by atoms with Crippen LogP contribution in [0.2, 0.25) is 0 Å². The number of nitrogens with zero attached hydrogens (tertiary/aromatic N) is 1. The van der Waals surface area contributed by atoms with Gasteiger partial charge in [0.15, 0.2) is 0 Å².